The van der Waals surface area contributed by atoms with Crippen molar-refractivity contribution in [2.24, 2.45) is 0 Å². The first-order chi connectivity index (χ1) is 5.18. The predicted molar refractivity (Wildman–Crippen MR) is 38.9 cm³/mol. The van der Waals surface area contributed by atoms with E-state index in [1.807, 2.05) is 13.0 Å². The molecular weight excluding hydrogens is 144 g/mol. The summed E-state index contributed by atoms with van der Waals surface area (Å²) in [5.74, 6) is 0.386. The molecule has 0 aliphatic heterocycles. The average molecular weight is 154 g/mol. The molecule has 60 valence electrons. The molecule has 0 fully saturated rings. The summed E-state index contributed by atoms with van der Waals surface area (Å²) in [6, 6.07) is 1.84. The zero-order valence-corrected chi connectivity index (χ0v) is 6.59. The Morgan fingerprint density at radius 1 is 1.73 bits per heavy atom. The standard InChI is InChI=1S/C8H10O3/c1-6-3-8(11-4-6)5-10-7(2)9/h3-4H,5H2,1-2H3. The van der Waals surface area contributed by atoms with Crippen molar-refractivity contribution in [1.82, 2.24) is 0 Å². The fraction of sp³-hybridized carbons (Fsp3) is 0.375. The van der Waals surface area contributed by atoms with E-state index in [0.29, 0.717) is 5.76 Å². The number of aryl methyl sites for hydroxylation is 1. The molecule has 0 N–H and O–H groups in total. The molecule has 1 aromatic heterocycles. The molecule has 0 aliphatic carbocycles. The van der Waals surface area contributed by atoms with Gasteiger partial charge in [0.05, 0.1) is 6.26 Å². The number of esters is 1. The lowest BCUT2D eigenvalue weighted by atomic mass is 10.3. The van der Waals surface area contributed by atoms with E-state index < -0.39 is 0 Å². The number of hydrogen-bond donors (Lipinski definition) is 0. The van der Waals surface area contributed by atoms with E-state index in [-0.39, 0.29) is 12.6 Å². The maximum absolute atomic E-state index is 10.4. The molecule has 3 nitrogen and oxygen atoms in total. The normalized spacial score (nSPS) is 9.64. The number of carbonyl (C=O) groups excluding carboxylic acids is 1. The SMILES string of the molecule is CC(=O)OCc1cc(C)co1. The van der Waals surface area contributed by atoms with Gasteiger partial charge in [-0.25, -0.2) is 0 Å². The fourth-order valence-corrected chi connectivity index (χ4v) is 0.739. The maximum Gasteiger partial charge on any atom is 0.303 e. The van der Waals surface area contributed by atoms with E-state index in [2.05, 4.69) is 0 Å². The monoisotopic (exact) mass is 154 g/mol. The van der Waals surface area contributed by atoms with E-state index in [1.165, 1.54) is 6.92 Å². The van der Waals surface area contributed by atoms with Crippen LogP contribution < -0.4 is 0 Å². The highest BCUT2D eigenvalue weighted by atomic mass is 16.5. The Morgan fingerprint density at radius 3 is 2.91 bits per heavy atom. The summed E-state index contributed by atoms with van der Waals surface area (Å²) in [6.07, 6.45) is 1.62. The van der Waals surface area contributed by atoms with Crippen molar-refractivity contribution in [2.45, 2.75) is 20.5 Å². The van der Waals surface area contributed by atoms with Gasteiger partial charge < -0.3 is 9.15 Å². The van der Waals surface area contributed by atoms with Crippen molar-refractivity contribution in [3.8, 4) is 0 Å². The second-order valence-corrected chi connectivity index (χ2v) is 2.37. The zero-order valence-electron chi connectivity index (χ0n) is 6.59. The van der Waals surface area contributed by atoms with Crippen molar-refractivity contribution in [1.29, 1.82) is 0 Å². The molecule has 11 heavy (non-hydrogen) atoms. The maximum atomic E-state index is 10.4. The molecule has 0 bridgehead atoms. The third kappa shape index (κ3) is 2.45. The van der Waals surface area contributed by atoms with Gasteiger partial charge in [0.1, 0.15) is 12.4 Å². The van der Waals surface area contributed by atoms with Gasteiger partial charge in [-0.05, 0) is 18.6 Å². The van der Waals surface area contributed by atoms with Gasteiger partial charge in [0, 0.05) is 6.92 Å². The Bertz CT molecular complexity index is 250. The number of carbonyl (C=O) groups is 1. The van der Waals surface area contributed by atoms with Crippen LogP contribution in [0, 0.1) is 6.92 Å². The summed E-state index contributed by atoms with van der Waals surface area (Å²) in [6.45, 7) is 3.51. The van der Waals surface area contributed by atoms with Crippen LogP contribution in [-0.2, 0) is 16.1 Å². The van der Waals surface area contributed by atoms with Crippen molar-refractivity contribution >= 4 is 5.97 Å². The van der Waals surface area contributed by atoms with E-state index >= 15 is 0 Å². The van der Waals surface area contributed by atoms with Crippen molar-refractivity contribution in [3.05, 3.63) is 23.7 Å². The summed E-state index contributed by atoms with van der Waals surface area (Å²) in [5, 5.41) is 0. The quantitative estimate of drug-likeness (QED) is 0.608. The third-order valence-corrected chi connectivity index (χ3v) is 1.20. The van der Waals surface area contributed by atoms with Gasteiger partial charge in [0.25, 0.3) is 0 Å². The Hall–Kier alpha value is -1.25. The molecule has 0 spiro atoms. The highest BCUT2D eigenvalue weighted by Gasteiger charge is 1.99. The van der Waals surface area contributed by atoms with Crippen LogP contribution in [0.4, 0.5) is 0 Å². The van der Waals surface area contributed by atoms with Crippen LogP contribution in [-0.4, -0.2) is 5.97 Å². The molecule has 1 heterocycles. The van der Waals surface area contributed by atoms with Gasteiger partial charge in [0.15, 0.2) is 0 Å². The Balaban J connectivity index is 2.45. The van der Waals surface area contributed by atoms with Gasteiger partial charge >= 0.3 is 5.97 Å². The number of hydrogen-bond acceptors (Lipinski definition) is 3. The van der Waals surface area contributed by atoms with Gasteiger partial charge in [-0.3, -0.25) is 4.79 Å². The summed E-state index contributed by atoms with van der Waals surface area (Å²) in [7, 11) is 0. The van der Waals surface area contributed by atoms with E-state index in [4.69, 9.17) is 9.15 Å². The minimum absolute atomic E-state index is 0.225. The van der Waals surface area contributed by atoms with Crippen LogP contribution in [0.5, 0.6) is 0 Å². The smallest absolute Gasteiger partial charge is 0.303 e. The number of rotatable bonds is 2. The Kier molecular flexibility index (Phi) is 2.31. The van der Waals surface area contributed by atoms with E-state index in [9.17, 15) is 4.79 Å². The van der Waals surface area contributed by atoms with Crippen LogP contribution in [0.1, 0.15) is 18.2 Å². The van der Waals surface area contributed by atoms with Crippen LogP contribution >= 0.6 is 0 Å². The molecule has 3 heteroatoms. The van der Waals surface area contributed by atoms with E-state index in [1.54, 1.807) is 6.26 Å². The number of ether oxygens (including phenoxy) is 1. The summed E-state index contributed by atoms with van der Waals surface area (Å²) in [5.41, 5.74) is 1.03. The second kappa shape index (κ2) is 3.23. The first-order valence-electron chi connectivity index (χ1n) is 3.36. The van der Waals surface area contributed by atoms with Crippen molar-refractivity contribution in [2.75, 3.05) is 0 Å². The van der Waals surface area contributed by atoms with Gasteiger partial charge in [-0.2, -0.15) is 0 Å². The predicted octanol–water partition coefficient (Wildman–Crippen LogP) is 1.65. The molecular formula is C8H10O3. The highest BCUT2D eigenvalue weighted by Crippen LogP contribution is 2.06. The summed E-state index contributed by atoms with van der Waals surface area (Å²) >= 11 is 0. The molecule has 0 aromatic carbocycles. The highest BCUT2D eigenvalue weighted by molar-refractivity contribution is 5.65. The third-order valence-electron chi connectivity index (χ3n) is 1.20. The minimum Gasteiger partial charge on any atom is -0.465 e. The van der Waals surface area contributed by atoms with E-state index in [0.717, 1.165) is 5.56 Å². The Morgan fingerprint density at radius 2 is 2.45 bits per heavy atom. The lowest BCUT2D eigenvalue weighted by Crippen LogP contribution is -1.97. The second-order valence-electron chi connectivity index (χ2n) is 2.37. The molecule has 1 rings (SSSR count). The van der Waals surface area contributed by atoms with Crippen LogP contribution in [0.2, 0.25) is 0 Å². The molecule has 0 radical (unpaired) electrons. The van der Waals surface area contributed by atoms with Crippen molar-refractivity contribution < 1.29 is 13.9 Å². The first kappa shape index (κ1) is 7.85. The molecule has 0 saturated carbocycles. The molecule has 0 amide bonds. The molecule has 1 aromatic rings. The van der Waals surface area contributed by atoms with Crippen LogP contribution in [0.15, 0.2) is 16.7 Å². The minimum atomic E-state index is -0.293. The lowest BCUT2D eigenvalue weighted by molar-refractivity contribution is -0.142. The lowest BCUT2D eigenvalue weighted by Gasteiger charge is -1.95. The van der Waals surface area contributed by atoms with Crippen molar-refractivity contribution in [3.63, 3.8) is 0 Å². The van der Waals surface area contributed by atoms with Crippen LogP contribution in [0.3, 0.4) is 0 Å². The molecule has 0 aliphatic rings. The average Bonchev–Trinajstić information content (AvgIpc) is 2.31. The summed E-state index contributed by atoms with van der Waals surface area (Å²) in [4.78, 5) is 10.4. The Labute approximate surface area is 65.0 Å². The van der Waals surface area contributed by atoms with Gasteiger partial charge in [-0.1, -0.05) is 0 Å². The van der Waals surface area contributed by atoms with Gasteiger partial charge in [0.2, 0.25) is 0 Å². The molecule has 0 saturated heterocycles. The molecule has 0 unspecified atom stereocenters. The zero-order chi connectivity index (χ0) is 8.27. The van der Waals surface area contributed by atoms with Crippen LogP contribution in [0.25, 0.3) is 0 Å². The number of furan rings is 1. The largest absolute Gasteiger partial charge is 0.465 e. The first-order valence-corrected chi connectivity index (χ1v) is 3.36. The summed E-state index contributed by atoms with van der Waals surface area (Å²) < 4.78 is 9.75. The topological polar surface area (TPSA) is 39.4 Å². The molecule has 0 atom stereocenters. The van der Waals surface area contributed by atoms with Gasteiger partial charge in [-0.15, -0.1) is 0 Å². The fourth-order valence-electron chi connectivity index (χ4n) is 0.739.